The maximum Gasteiger partial charge on any atom is 0.307 e. The van der Waals surface area contributed by atoms with E-state index in [0.717, 1.165) is 16.9 Å². The number of benzene rings is 1. The number of aryl methyl sites for hydroxylation is 1. The van der Waals surface area contributed by atoms with E-state index in [0.29, 0.717) is 30.9 Å². The molecule has 0 radical (unpaired) electrons. The third-order valence-electron chi connectivity index (χ3n) is 5.07. The number of fused-ring (bicyclic) bond motifs is 1. The first-order valence-corrected chi connectivity index (χ1v) is 9.23. The van der Waals surface area contributed by atoms with Gasteiger partial charge in [0.05, 0.1) is 33.8 Å². The second-order valence-corrected chi connectivity index (χ2v) is 6.57. The van der Waals surface area contributed by atoms with Crippen molar-refractivity contribution in [3.8, 4) is 11.5 Å². The van der Waals surface area contributed by atoms with Gasteiger partial charge in [-0.25, -0.2) is 0 Å². The fraction of sp³-hybridized carbons (Fsp3) is 0.429. The first-order chi connectivity index (χ1) is 13.5. The quantitative estimate of drug-likeness (QED) is 0.709. The summed E-state index contributed by atoms with van der Waals surface area (Å²) in [5.41, 5.74) is 1.87. The molecule has 0 aliphatic carbocycles. The van der Waals surface area contributed by atoms with E-state index in [2.05, 4.69) is 0 Å². The van der Waals surface area contributed by atoms with Crippen molar-refractivity contribution >= 4 is 11.9 Å². The summed E-state index contributed by atoms with van der Waals surface area (Å²) >= 11 is 0. The summed E-state index contributed by atoms with van der Waals surface area (Å²) < 4.78 is 21.3. The van der Waals surface area contributed by atoms with Crippen molar-refractivity contribution in [1.29, 1.82) is 0 Å². The van der Waals surface area contributed by atoms with Gasteiger partial charge in [-0.05, 0) is 41.8 Å². The van der Waals surface area contributed by atoms with Gasteiger partial charge in [0.2, 0.25) is 0 Å². The molecule has 0 saturated heterocycles. The molecule has 1 aromatic heterocycles. The van der Waals surface area contributed by atoms with Gasteiger partial charge in [0.1, 0.15) is 5.76 Å². The van der Waals surface area contributed by atoms with Crippen LogP contribution in [-0.4, -0.2) is 44.7 Å². The summed E-state index contributed by atoms with van der Waals surface area (Å²) in [6.45, 7) is 2.43. The number of furan rings is 1. The monoisotopic (exact) mass is 387 g/mol. The number of hydrogen-bond donors (Lipinski definition) is 0. The van der Waals surface area contributed by atoms with E-state index in [1.54, 1.807) is 31.3 Å². The SMILES string of the molecule is CCc1ccc(C(=O)N2CCc3cc(OC)c(OC)cc3C2CC(=O)OC)o1. The Labute approximate surface area is 164 Å². The van der Waals surface area contributed by atoms with Crippen molar-refractivity contribution in [2.24, 2.45) is 0 Å². The van der Waals surface area contributed by atoms with Gasteiger partial charge >= 0.3 is 5.97 Å². The van der Waals surface area contributed by atoms with Gasteiger partial charge < -0.3 is 23.5 Å². The predicted octanol–water partition coefficient (Wildman–Crippen LogP) is 3.16. The minimum Gasteiger partial charge on any atom is -0.493 e. The number of esters is 1. The van der Waals surface area contributed by atoms with Gasteiger partial charge in [-0.3, -0.25) is 9.59 Å². The third-order valence-corrected chi connectivity index (χ3v) is 5.07. The van der Waals surface area contributed by atoms with E-state index in [-0.39, 0.29) is 24.1 Å². The molecule has 1 aromatic carbocycles. The molecule has 1 amide bonds. The van der Waals surface area contributed by atoms with Gasteiger partial charge in [0, 0.05) is 13.0 Å². The maximum absolute atomic E-state index is 13.1. The van der Waals surface area contributed by atoms with Gasteiger partial charge in [0.15, 0.2) is 17.3 Å². The Bertz CT molecular complexity index is 872. The molecule has 150 valence electrons. The van der Waals surface area contributed by atoms with Crippen LogP contribution in [0.5, 0.6) is 11.5 Å². The number of nitrogens with zero attached hydrogens (tertiary/aromatic N) is 1. The summed E-state index contributed by atoms with van der Waals surface area (Å²) in [6, 6.07) is 6.75. The zero-order valence-corrected chi connectivity index (χ0v) is 16.6. The Morgan fingerprint density at radius 3 is 2.46 bits per heavy atom. The molecule has 0 saturated carbocycles. The van der Waals surface area contributed by atoms with Crippen molar-refractivity contribution < 1.29 is 28.2 Å². The summed E-state index contributed by atoms with van der Waals surface area (Å²) in [7, 11) is 4.48. The molecule has 1 aliphatic heterocycles. The summed E-state index contributed by atoms with van der Waals surface area (Å²) in [6.07, 6.45) is 1.39. The summed E-state index contributed by atoms with van der Waals surface area (Å²) in [4.78, 5) is 26.9. The van der Waals surface area contributed by atoms with Crippen LogP contribution in [0.4, 0.5) is 0 Å². The molecule has 28 heavy (non-hydrogen) atoms. The number of amides is 1. The second kappa shape index (κ2) is 8.37. The smallest absolute Gasteiger partial charge is 0.307 e. The van der Waals surface area contributed by atoms with E-state index in [1.807, 2.05) is 19.1 Å². The van der Waals surface area contributed by atoms with Crippen molar-refractivity contribution in [2.75, 3.05) is 27.9 Å². The van der Waals surface area contributed by atoms with Crippen LogP contribution in [0.15, 0.2) is 28.7 Å². The van der Waals surface area contributed by atoms with Crippen molar-refractivity contribution in [3.63, 3.8) is 0 Å². The topological polar surface area (TPSA) is 78.2 Å². The van der Waals surface area contributed by atoms with Crippen LogP contribution in [0.25, 0.3) is 0 Å². The molecule has 1 aliphatic rings. The highest BCUT2D eigenvalue weighted by Crippen LogP contribution is 2.40. The normalized spacial score (nSPS) is 15.7. The van der Waals surface area contributed by atoms with Crippen LogP contribution in [0.3, 0.4) is 0 Å². The largest absolute Gasteiger partial charge is 0.493 e. The highest BCUT2D eigenvalue weighted by atomic mass is 16.5. The van der Waals surface area contributed by atoms with E-state index < -0.39 is 6.04 Å². The molecule has 7 heteroatoms. The molecule has 1 unspecified atom stereocenters. The van der Waals surface area contributed by atoms with E-state index in [9.17, 15) is 9.59 Å². The molecular weight excluding hydrogens is 362 g/mol. The number of rotatable bonds is 6. The maximum atomic E-state index is 13.1. The molecule has 0 N–H and O–H groups in total. The summed E-state index contributed by atoms with van der Waals surface area (Å²) in [5, 5.41) is 0. The van der Waals surface area contributed by atoms with Crippen LogP contribution in [0.1, 0.15) is 46.8 Å². The number of carbonyl (C=O) groups excluding carboxylic acids is 2. The third kappa shape index (κ3) is 3.69. The van der Waals surface area contributed by atoms with Crippen molar-refractivity contribution in [1.82, 2.24) is 4.90 Å². The molecule has 0 fully saturated rings. The lowest BCUT2D eigenvalue weighted by atomic mass is 9.89. The average Bonchev–Trinajstić information content (AvgIpc) is 3.21. The molecule has 7 nitrogen and oxygen atoms in total. The number of methoxy groups -OCH3 is 3. The first-order valence-electron chi connectivity index (χ1n) is 9.23. The number of hydrogen-bond acceptors (Lipinski definition) is 6. The van der Waals surface area contributed by atoms with Crippen LogP contribution in [0, 0.1) is 0 Å². The Morgan fingerprint density at radius 2 is 1.86 bits per heavy atom. The second-order valence-electron chi connectivity index (χ2n) is 6.57. The lowest BCUT2D eigenvalue weighted by Gasteiger charge is -2.36. The Balaban J connectivity index is 2.01. The minimum atomic E-state index is -0.473. The van der Waals surface area contributed by atoms with Crippen molar-refractivity contribution in [2.45, 2.75) is 32.2 Å². The zero-order chi connectivity index (χ0) is 20.3. The van der Waals surface area contributed by atoms with Crippen LogP contribution >= 0.6 is 0 Å². The molecule has 3 rings (SSSR count). The van der Waals surface area contributed by atoms with Gasteiger partial charge in [-0.2, -0.15) is 0 Å². The fourth-order valence-electron chi connectivity index (χ4n) is 3.56. The first kappa shape index (κ1) is 19.8. The fourth-order valence-corrected chi connectivity index (χ4v) is 3.56. The Morgan fingerprint density at radius 1 is 1.14 bits per heavy atom. The highest BCUT2D eigenvalue weighted by molar-refractivity contribution is 5.92. The number of ether oxygens (including phenoxy) is 3. The molecule has 2 heterocycles. The molecule has 1 atom stereocenters. The van der Waals surface area contributed by atoms with E-state index >= 15 is 0 Å². The molecule has 0 spiro atoms. The summed E-state index contributed by atoms with van der Waals surface area (Å²) in [5.74, 6) is 1.56. The predicted molar refractivity (Wildman–Crippen MR) is 102 cm³/mol. The standard InChI is InChI=1S/C21H25NO6/c1-5-14-6-7-17(28-14)21(24)22-9-8-13-10-18(25-2)19(26-3)11-15(13)16(22)12-20(23)27-4/h6-7,10-11,16H,5,8-9,12H2,1-4H3. The van der Waals surface area contributed by atoms with Gasteiger partial charge in [-0.1, -0.05) is 6.92 Å². The molecular formula is C21H25NO6. The van der Waals surface area contributed by atoms with Gasteiger partial charge in [-0.15, -0.1) is 0 Å². The molecule has 2 aromatic rings. The van der Waals surface area contributed by atoms with Gasteiger partial charge in [0.25, 0.3) is 5.91 Å². The lowest BCUT2D eigenvalue weighted by molar-refractivity contribution is -0.142. The van der Waals surface area contributed by atoms with E-state index in [4.69, 9.17) is 18.6 Å². The van der Waals surface area contributed by atoms with Crippen LogP contribution in [0.2, 0.25) is 0 Å². The minimum absolute atomic E-state index is 0.0477. The Hall–Kier alpha value is -2.96. The van der Waals surface area contributed by atoms with Crippen LogP contribution < -0.4 is 9.47 Å². The lowest BCUT2D eigenvalue weighted by Crippen LogP contribution is -2.41. The van der Waals surface area contributed by atoms with Crippen LogP contribution in [-0.2, 0) is 22.4 Å². The van der Waals surface area contributed by atoms with E-state index in [1.165, 1.54) is 7.11 Å². The number of carbonyl (C=O) groups is 2. The highest BCUT2D eigenvalue weighted by Gasteiger charge is 2.35. The zero-order valence-electron chi connectivity index (χ0n) is 16.6. The Kier molecular flexibility index (Phi) is 5.92. The van der Waals surface area contributed by atoms with Crippen molar-refractivity contribution in [3.05, 3.63) is 46.9 Å². The molecule has 0 bridgehead atoms. The average molecular weight is 387 g/mol.